The maximum absolute atomic E-state index is 12.7. The van der Waals surface area contributed by atoms with Gasteiger partial charge in [-0.1, -0.05) is 23.8 Å². The normalized spacial score (nSPS) is 21.5. The summed E-state index contributed by atoms with van der Waals surface area (Å²) in [4.78, 5) is 5.76. The molecule has 1 fully saturated rings. The molecule has 0 unspecified atom stereocenters. The van der Waals surface area contributed by atoms with E-state index < -0.39 is 17.5 Å². The molecule has 0 aliphatic carbocycles. The number of rotatable bonds is 1. The second kappa shape index (κ2) is 6.30. The number of piperidine rings is 1. The van der Waals surface area contributed by atoms with Crippen molar-refractivity contribution in [1.29, 1.82) is 0 Å². The highest BCUT2D eigenvalue weighted by Gasteiger charge is 2.38. The number of halogens is 4. The zero-order valence-corrected chi connectivity index (χ0v) is 13.0. The molecule has 0 saturated carbocycles. The summed E-state index contributed by atoms with van der Waals surface area (Å²) >= 11 is 6.00. The fourth-order valence-corrected chi connectivity index (χ4v) is 3.03. The Morgan fingerprint density at radius 2 is 1.74 bits per heavy atom. The van der Waals surface area contributed by atoms with E-state index in [1.165, 1.54) is 0 Å². The van der Waals surface area contributed by atoms with Gasteiger partial charge in [-0.15, -0.1) is 0 Å². The van der Waals surface area contributed by atoms with Crippen LogP contribution in [-0.4, -0.2) is 37.1 Å². The molecule has 23 heavy (non-hydrogen) atoms. The Bertz CT molecular complexity index is 587. The van der Waals surface area contributed by atoms with Crippen molar-refractivity contribution in [3.05, 3.63) is 35.0 Å². The van der Waals surface area contributed by atoms with Crippen molar-refractivity contribution in [3.8, 4) is 0 Å². The Balaban J connectivity index is 1.70. The van der Waals surface area contributed by atoms with Gasteiger partial charge < -0.3 is 14.4 Å². The number of alkyl halides is 3. The van der Waals surface area contributed by atoms with Crippen molar-refractivity contribution in [1.82, 2.24) is 4.98 Å². The molecule has 126 valence electrons. The number of hydrogen-bond donors (Lipinski definition) is 0. The summed E-state index contributed by atoms with van der Waals surface area (Å²) < 4.78 is 49.5. The van der Waals surface area contributed by atoms with E-state index >= 15 is 0 Å². The Hall–Kier alpha value is -1.31. The lowest BCUT2D eigenvalue weighted by atomic mass is 10.0. The average Bonchev–Trinajstić information content (AvgIpc) is 2.73. The molecule has 2 aliphatic rings. The van der Waals surface area contributed by atoms with Crippen LogP contribution in [0.25, 0.3) is 0 Å². The first-order chi connectivity index (χ1) is 10.9. The van der Waals surface area contributed by atoms with Gasteiger partial charge in [-0.25, -0.2) is 4.98 Å². The second-order valence-corrected chi connectivity index (χ2v) is 5.93. The third-order valence-electron chi connectivity index (χ3n) is 4.03. The highest BCUT2D eigenvalue weighted by Crippen LogP contribution is 2.36. The van der Waals surface area contributed by atoms with Crippen molar-refractivity contribution in [2.45, 2.75) is 24.8 Å². The van der Waals surface area contributed by atoms with Gasteiger partial charge >= 0.3 is 6.18 Å². The molecule has 1 spiro atoms. The predicted octanol–water partition coefficient (Wildman–Crippen LogP) is 3.65. The lowest BCUT2D eigenvalue weighted by Crippen LogP contribution is -2.48. The predicted molar refractivity (Wildman–Crippen MR) is 79.5 cm³/mol. The molecule has 1 aromatic rings. The Morgan fingerprint density at radius 1 is 1.13 bits per heavy atom. The average molecular weight is 349 g/mol. The standard InChI is InChI=1S/C15H16ClF3N2O2/c16-12-9-11(15(17,18)19)10-20-13(12)21-5-3-14(4-6-21)22-7-1-2-8-23-14/h1-2,9-10H,3-8H2. The van der Waals surface area contributed by atoms with Crippen LogP contribution in [0.15, 0.2) is 24.4 Å². The quantitative estimate of drug-likeness (QED) is 0.726. The Kier molecular flexibility index (Phi) is 4.53. The molecular weight excluding hydrogens is 333 g/mol. The van der Waals surface area contributed by atoms with E-state index in [-0.39, 0.29) is 5.02 Å². The fraction of sp³-hybridized carbons (Fsp3) is 0.533. The zero-order valence-electron chi connectivity index (χ0n) is 12.3. The van der Waals surface area contributed by atoms with Crippen LogP contribution in [0, 0.1) is 0 Å². The number of nitrogens with zero attached hydrogens (tertiary/aromatic N) is 2. The van der Waals surface area contributed by atoms with Gasteiger partial charge in [-0.3, -0.25) is 0 Å². The minimum Gasteiger partial charge on any atom is -0.355 e. The topological polar surface area (TPSA) is 34.6 Å². The summed E-state index contributed by atoms with van der Waals surface area (Å²) in [5, 5.41) is 0.000134. The molecule has 1 aromatic heterocycles. The zero-order chi connectivity index (χ0) is 16.5. The number of pyridine rings is 1. The van der Waals surface area contributed by atoms with E-state index in [9.17, 15) is 13.2 Å². The van der Waals surface area contributed by atoms with Gasteiger partial charge in [0.25, 0.3) is 0 Å². The van der Waals surface area contributed by atoms with Crippen molar-refractivity contribution in [2.75, 3.05) is 31.2 Å². The molecular formula is C15H16ClF3N2O2. The lowest BCUT2D eigenvalue weighted by molar-refractivity contribution is -0.232. The van der Waals surface area contributed by atoms with E-state index in [4.69, 9.17) is 21.1 Å². The van der Waals surface area contributed by atoms with Crippen molar-refractivity contribution < 1.29 is 22.6 Å². The fourth-order valence-electron chi connectivity index (χ4n) is 2.74. The van der Waals surface area contributed by atoms with Gasteiger partial charge in [0.15, 0.2) is 5.79 Å². The van der Waals surface area contributed by atoms with Gasteiger partial charge in [0.1, 0.15) is 5.82 Å². The molecule has 4 nitrogen and oxygen atoms in total. The summed E-state index contributed by atoms with van der Waals surface area (Å²) in [6.45, 7) is 2.11. The SMILES string of the molecule is FC(F)(F)c1cnc(N2CCC3(CC2)OCC=CCO3)c(Cl)c1. The summed E-state index contributed by atoms with van der Waals surface area (Å²) in [6.07, 6.45) is 1.40. The lowest BCUT2D eigenvalue weighted by Gasteiger charge is -2.41. The molecule has 0 bridgehead atoms. The van der Waals surface area contributed by atoms with E-state index in [0.717, 1.165) is 12.3 Å². The number of ether oxygens (including phenoxy) is 2. The molecule has 0 amide bonds. The van der Waals surface area contributed by atoms with Gasteiger partial charge in [-0.05, 0) is 6.07 Å². The van der Waals surface area contributed by atoms with E-state index in [1.807, 2.05) is 17.1 Å². The van der Waals surface area contributed by atoms with E-state index in [0.29, 0.717) is 45.0 Å². The van der Waals surface area contributed by atoms with Crippen LogP contribution < -0.4 is 4.90 Å². The van der Waals surface area contributed by atoms with Crippen molar-refractivity contribution >= 4 is 17.4 Å². The highest BCUT2D eigenvalue weighted by atomic mass is 35.5. The molecule has 0 N–H and O–H groups in total. The van der Waals surface area contributed by atoms with E-state index in [2.05, 4.69) is 4.98 Å². The smallest absolute Gasteiger partial charge is 0.355 e. The maximum Gasteiger partial charge on any atom is 0.417 e. The van der Waals surface area contributed by atoms with Gasteiger partial charge in [0, 0.05) is 32.1 Å². The maximum atomic E-state index is 12.7. The van der Waals surface area contributed by atoms with Crippen LogP contribution in [0.1, 0.15) is 18.4 Å². The van der Waals surface area contributed by atoms with Crippen LogP contribution in [-0.2, 0) is 15.7 Å². The van der Waals surface area contributed by atoms with Gasteiger partial charge in [0.2, 0.25) is 0 Å². The van der Waals surface area contributed by atoms with Crippen molar-refractivity contribution in [3.63, 3.8) is 0 Å². The van der Waals surface area contributed by atoms with Crippen LogP contribution in [0.4, 0.5) is 19.0 Å². The third-order valence-corrected chi connectivity index (χ3v) is 4.30. The molecule has 3 heterocycles. The van der Waals surface area contributed by atoms with Gasteiger partial charge in [-0.2, -0.15) is 13.2 Å². The molecule has 8 heteroatoms. The highest BCUT2D eigenvalue weighted by molar-refractivity contribution is 6.33. The summed E-state index contributed by atoms with van der Waals surface area (Å²) in [6, 6.07) is 0.914. The van der Waals surface area contributed by atoms with Crippen LogP contribution in [0.5, 0.6) is 0 Å². The van der Waals surface area contributed by atoms with E-state index in [1.54, 1.807) is 0 Å². The molecule has 0 radical (unpaired) electrons. The second-order valence-electron chi connectivity index (χ2n) is 5.52. The van der Waals surface area contributed by atoms with Crippen LogP contribution in [0.2, 0.25) is 5.02 Å². The van der Waals surface area contributed by atoms with Crippen molar-refractivity contribution in [2.24, 2.45) is 0 Å². The molecule has 2 aliphatic heterocycles. The minimum atomic E-state index is -4.45. The molecule has 1 saturated heterocycles. The van der Waals surface area contributed by atoms with Crippen LogP contribution >= 0.6 is 11.6 Å². The Labute approximate surface area is 136 Å². The third kappa shape index (κ3) is 3.62. The van der Waals surface area contributed by atoms with Crippen LogP contribution in [0.3, 0.4) is 0 Å². The van der Waals surface area contributed by atoms with Gasteiger partial charge in [0.05, 0.1) is 23.8 Å². The Morgan fingerprint density at radius 3 is 2.26 bits per heavy atom. The molecule has 3 rings (SSSR count). The largest absolute Gasteiger partial charge is 0.417 e. The first-order valence-corrected chi connectivity index (χ1v) is 7.68. The minimum absolute atomic E-state index is 0.000134. The first-order valence-electron chi connectivity index (χ1n) is 7.30. The molecule has 0 aromatic carbocycles. The molecule has 0 atom stereocenters. The summed E-state index contributed by atoms with van der Waals surface area (Å²) in [5.41, 5.74) is -0.846. The summed E-state index contributed by atoms with van der Waals surface area (Å²) in [5.74, 6) is -0.264. The number of hydrogen-bond acceptors (Lipinski definition) is 4. The number of aromatic nitrogens is 1. The number of anilines is 1. The monoisotopic (exact) mass is 348 g/mol. The summed E-state index contributed by atoms with van der Waals surface area (Å²) in [7, 11) is 0. The first kappa shape index (κ1) is 16.5.